The molecule has 1 nitrogen and oxygen atoms in total. The first kappa shape index (κ1) is 15.1. The molecule has 0 heterocycles. The zero-order chi connectivity index (χ0) is 14.7. The highest BCUT2D eigenvalue weighted by Crippen LogP contribution is 2.30. The van der Waals surface area contributed by atoms with Gasteiger partial charge in [-0.1, -0.05) is 24.3 Å². The lowest BCUT2D eigenvalue weighted by molar-refractivity contribution is 0.585. The monoisotopic (exact) mass is 339 g/mol. The topological polar surface area (TPSA) is 12.0 Å². The minimum Gasteiger partial charge on any atom is -0.317 e. The summed E-state index contributed by atoms with van der Waals surface area (Å²) in [6.45, 7) is 2.08. The van der Waals surface area contributed by atoms with Crippen molar-refractivity contribution in [2.75, 3.05) is 7.05 Å². The normalized spacial score (nSPS) is 12.4. The fourth-order valence-electron chi connectivity index (χ4n) is 2.05. The third-order valence-corrected chi connectivity index (χ3v) is 3.93. The van der Waals surface area contributed by atoms with E-state index in [9.17, 15) is 8.78 Å². The number of nitrogens with one attached hydrogen (secondary N) is 1. The van der Waals surface area contributed by atoms with Gasteiger partial charge in [0.15, 0.2) is 0 Å². The smallest absolute Gasteiger partial charge is 0.148 e. The second-order valence-corrected chi connectivity index (χ2v) is 5.66. The minimum atomic E-state index is -0.568. The molecule has 1 atom stereocenters. The summed E-state index contributed by atoms with van der Waals surface area (Å²) in [5, 5.41) is 3.16. The Morgan fingerprint density at radius 2 is 1.75 bits per heavy atom. The van der Waals surface area contributed by atoms with Crippen molar-refractivity contribution in [3.05, 3.63) is 58.1 Å². The van der Waals surface area contributed by atoms with E-state index in [-0.39, 0.29) is 10.0 Å². The van der Waals surface area contributed by atoms with Gasteiger partial charge in [0.2, 0.25) is 0 Å². The number of halogens is 3. The molecule has 0 saturated heterocycles. The Balaban J connectivity index is 2.33. The van der Waals surface area contributed by atoms with Crippen LogP contribution in [-0.4, -0.2) is 13.1 Å². The Kier molecular flexibility index (Phi) is 4.89. The molecule has 2 aromatic carbocycles. The van der Waals surface area contributed by atoms with E-state index in [1.807, 2.05) is 19.2 Å². The second kappa shape index (κ2) is 6.46. The molecule has 0 bridgehead atoms. The zero-order valence-corrected chi connectivity index (χ0v) is 13.0. The van der Waals surface area contributed by atoms with E-state index in [1.54, 1.807) is 12.1 Å². The average molecular weight is 340 g/mol. The molecule has 4 heteroatoms. The number of hydrogen-bond donors (Lipinski definition) is 1. The Labute approximate surface area is 126 Å². The summed E-state index contributed by atoms with van der Waals surface area (Å²) in [7, 11) is 1.91. The highest BCUT2D eigenvalue weighted by Gasteiger charge is 2.14. The molecule has 0 spiro atoms. The van der Waals surface area contributed by atoms with E-state index < -0.39 is 11.6 Å². The standard InChI is InChI=1S/C16H16BrF2N/c1-10(20-2)9-11-3-5-12(6-4-11)15-14(18)8-7-13(17)16(15)19/h3-8,10,20H,9H2,1-2H3. The van der Waals surface area contributed by atoms with Crippen LogP contribution in [0.2, 0.25) is 0 Å². The van der Waals surface area contributed by atoms with Crippen LogP contribution in [0.1, 0.15) is 12.5 Å². The van der Waals surface area contributed by atoms with Gasteiger partial charge >= 0.3 is 0 Å². The number of benzene rings is 2. The Morgan fingerprint density at radius 3 is 2.35 bits per heavy atom. The molecule has 20 heavy (non-hydrogen) atoms. The predicted octanol–water partition coefficient (Wildman–Crippen LogP) is 4.54. The molecule has 1 N–H and O–H groups in total. The third-order valence-electron chi connectivity index (χ3n) is 3.32. The largest absolute Gasteiger partial charge is 0.317 e. The van der Waals surface area contributed by atoms with Crippen LogP contribution in [0.4, 0.5) is 8.78 Å². The van der Waals surface area contributed by atoms with Gasteiger partial charge in [0.25, 0.3) is 0 Å². The highest BCUT2D eigenvalue weighted by atomic mass is 79.9. The van der Waals surface area contributed by atoms with Gasteiger partial charge in [0.1, 0.15) is 11.6 Å². The van der Waals surface area contributed by atoms with E-state index in [0.29, 0.717) is 11.6 Å². The van der Waals surface area contributed by atoms with Gasteiger partial charge in [0, 0.05) is 6.04 Å². The SMILES string of the molecule is CNC(C)Cc1ccc(-c2c(F)ccc(Br)c2F)cc1. The molecule has 0 aliphatic carbocycles. The second-order valence-electron chi connectivity index (χ2n) is 4.81. The lowest BCUT2D eigenvalue weighted by Gasteiger charge is -2.11. The van der Waals surface area contributed by atoms with Crippen molar-refractivity contribution >= 4 is 15.9 Å². The van der Waals surface area contributed by atoms with Gasteiger partial charge in [-0.25, -0.2) is 8.78 Å². The lowest BCUT2D eigenvalue weighted by Crippen LogP contribution is -2.23. The first-order valence-electron chi connectivity index (χ1n) is 6.43. The van der Waals surface area contributed by atoms with Gasteiger partial charge < -0.3 is 5.32 Å². The van der Waals surface area contributed by atoms with E-state index in [0.717, 1.165) is 12.0 Å². The maximum absolute atomic E-state index is 14.0. The fraction of sp³-hybridized carbons (Fsp3) is 0.250. The molecule has 0 amide bonds. The first-order valence-corrected chi connectivity index (χ1v) is 7.22. The van der Waals surface area contributed by atoms with Crippen molar-refractivity contribution in [1.29, 1.82) is 0 Å². The van der Waals surface area contributed by atoms with Crippen LogP contribution < -0.4 is 5.32 Å². The van der Waals surface area contributed by atoms with Crippen molar-refractivity contribution in [3.8, 4) is 11.1 Å². The van der Waals surface area contributed by atoms with Crippen LogP contribution in [0, 0.1) is 11.6 Å². The van der Waals surface area contributed by atoms with Crippen LogP contribution >= 0.6 is 15.9 Å². The first-order chi connectivity index (χ1) is 9.52. The van der Waals surface area contributed by atoms with Gasteiger partial charge in [0.05, 0.1) is 10.0 Å². The van der Waals surface area contributed by atoms with Crippen molar-refractivity contribution in [1.82, 2.24) is 5.32 Å². The molecular formula is C16H16BrF2N. The molecule has 2 rings (SSSR count). The molecule has 1 unspecified atom stereocenters. The number of hydrogen-bond acceptors (Lipinski definition) is 1. The van der Waals surface area contributed by atoms with E-state index in [4.69, 9.17) is 0 Å². The van der Waals surface area contributed by atoms with Crippen molar-refractivity contribution in [3.63, 3.8) is 0 Å². The zero-order valence-electron chi connectivity index (χ0n) is 11.4. The van der Waals surface area contributed by atoms with Gasteiger partial charge in [-0.3, -0.25) is 0 Å². The molecule has 106 valence electrons. The summed E-state index contributed by atoms with van der Waals surface area (Å²) in [5.41, 5.74) is 1.68. The van der Waals surface area contributed by atoms with Crippen molar-refractivity contribution < 1.29 is 8.78 Å². The Bertz CT molecular complexity index is 596. The quantitative estimate of drug-likeness (QED) is 0.806. The molecule has 0 aromatic heterocycles. The van der Waals surface area contributed by atoms with Crippen LogP contribution in [0.15, 0.2) is 40.9 Å². The molecule has 0 aliphatic rings. The lowest BCUT2D eigenvalue weighted by atomic mass is 10.0. The summed E-state index contributed by atoms with van der Waals surface area (Å²) in [4.78, 5) is 0. The van der Waals surface area contributed by atoms with Crippen molar-refractivity contribution in [2.45, 2.75) is 19.4 Å². The molecular weight excluding hydrogens is 324 g/mol. The molecule has 0 radical (unpaired) electrons. The molecule has 0 aliphatic heterocycles. The Hall–Kier alpha value is -1.26. The van der Waals surface area contributed by atoms with E-state index in [1.165, 1.54) is 12.1 Å². The molecule has 0 fully saturated rings. The van der Waals surface area contributed by atoms with Crippen LogP contribution in [-0.2, 0) is 6.42 Å². The average Bonchev–Trinajstić information content (AvgIpc) is 2.45. The molecule has 2 aromatic rings. The summed E-state index contributed by atoms with van der Waals surface area (Å²) in [6, 6.07) is 10.3. The summed E-state index contributed by atoms with van der Waals surface area (Å²) < 4.78 is 28.1. The molecule has 0 saturated carbocycles. The van der Waals surface area contributed by atoms with Gasteiger partial charge in [-0.2, -0.15) is 0 Å². The van der Waals surface area contributed by atoms with E-state index >= 15 is 0 Å². The van der Waals surface area contributed by atoms with Crippen molar-refractivity contribution in [2.24, 2.45) is 0 Å². The Morgan fingerprint density at radius 1 is 1.10 bits per heavy atom. The predicted molar refractivity (Wildman–Crippen MR) is 81.7 cm³/mol. The number of likely N-dealkylation sites (N-methyl/N-ethyl adjacent to an activating group) is 1. The van der Waals surface area contributed by atoms with E-state index in [2.05, 4.69) is 28.2 Å². The van der Waals surface area contributed by atoms with Crippen LogP contribution in [0.3, 0.4) is 0 Å². The summed E-state index contributed by atoms with van der Waals surface area (Å²) in [5.74, 6) is -1.12. The fourth-order valence-corrected chi connectivity index (χ4v) is 2.39. The minimum absolute atomic E-state index is 0.00703. The third kappa shape index (κ3) is 3.25. The summed E-state index contributed by atoms with van der Waals surface area (Å²) in [6.07, 6.45) is 0.875. The van der Waals surface area contributed by atoms with Crippen LogP contribution in [0.5, 0.6) is 0 Å². The maximum atomic E-state index is 14.0. The highest BCUT2D eigenvalue weighted by molar-refractivity contribution is 9.10. The van der Waals surface area contributed by atoms with Crippen LogP contribution in [0.25, 0.3) is 11.1 Å². The number of rotatable bonds is 4. The van der Waals surface area contributed by atoms with Gasteiger partial charge in [-0.05, 0) is 59.6 Å². The van der Waals surface area contributed by atoms with Gasteiger partial charge in [-0.15, -0.1) is 0 Å². The maximum Gasteiger partial charge on any atom is 0.148 e. The summed E-state index contributed by atoms with van der Waals surface area (Å²) >= 11 is 3.08.